The molecule has 15 heteroatoms. The maximum Gasteiger partial charge on any atom is 0.320 e. The van der Waals surface area contributed by atoms with Crippen LogP contribution in [0.2, 0.25) is 0 Å². The second-order valence-electron chi connectivity index (χ2n) is 11.8. The van der Waals surface area contributed by atoms with Gasteiger partial charge in [-0.1, -0.05) is 0 Å². The number of benzene rings is 3. The van der Waals surface area contributed by atoms with E-state index in [1.54, 1.807) is 61.5 Å². The van der Waals surface area contributed by atoms with Gasteiger partial charge in [0.05, 0.1) is 47.8 Å². The van der Waals surface area contributed by atoms with Crippen LogP contribution in [-0.2, 0) is 16.0 Å². The molecule has 2 saturated heterocycles. The number of thioether (sulfide) groups is 3. The highest BCUT2D eigenvalue weighted by Gasteiger charge is 2.25. The number of methoxy groups -OCH3 is 3. The molecule has 0 bridgehead atoms. The van der Waals surface area contributed by atoms with Crippen molar-refractivity contribution in [1.82, 2.24) is 20.0 Å². The third-order valence-electron chi connectivity index (χ3n) is 8.25. The molecular formula is C38H53N5O7S3. The molecule has 0 atom stereocenters. The third kappa shape index (κ3) is 14.7. The van der Waals surface area contributed by atoms with Crippen molar-refractivity contribution in [1.29, 1.82) is 0 Å². The van der Waals surface area contributed by atoms with E-state index in [1.165, 1.54) is 20.2 Å². The summed E-state index contributed by atoms with van der Waals surface area (Å²) in [6.45, 7) is 8.08. The minimum absolute atomic E-state index is 0.00336. The van der Waals surface area contributed by atoms with Crippen LogP contribution in [0.3, 0.4) is 0 Å². The van der Waals surface area contributed by atoms with Gasteiger partial charge in [-0.3, -0.25) is 0 Å². The average Bonchev–Trinajstić information content (AvgIpc) is 3.45. The molecule has 4 amide bonds. The van der Waals surface area contributed by atoms with Crippen molar-refractivity contribution in [2.24, 2.45) is 5.73 Å². The zero-order valence-corrected chi connectivity index (χ0v) is 33.4. The summed E-state index contributed by atoms with van der Waals surface area (Å²) >= 11 is 5.28. The van der Waals surface area contributed by atoms with Crippen molar-refractivity contribution >= 4 is 47.3 Å². The largest absolute Gasteiger partial charge is 0.497 e. The summed E-state index contributed by atoms with van der Waals surface area (Å²) in [6, 6.07) is 22.1. The number of hydrogen-bond acceptors (Lipinski definition) is 11. The highest BCUT2D eigenvalue weighted by Crippen LogP contribution is 2.31. The van der Waals surface area contributed by atoms with Gasteiger partial charge in [-0.2, -0.15) is 0 Å². The number of nitrogens with two attached hydrogens (primary N) is 1. The molecule has 0 saturated carbocycles. The van der Waals surface area contributed by atoms with E-state index >= 15 is 0 Å². The summed E-state index contributed by atoms with van der Waals surface area (Å²) in [5.41, 5.74) is 6.55. The summed E-state index contributed by atoms with van der Waals surface area (Å²) in [4.78, 5) is 33.7. The van der Waals surface area contributed by atoms with Crippen LogP contribution in [0.4, 0.5) is 9.59 Å². The molecule has 2 fully saturated rings. The summed E-state index contributed by atoms with van der Waals surface area (Å²) in [6.07, 6.45) is 0. The molecule has 6 rings (SSSR count). The van der Waals surface area contributed by atoms with Gasteiger partial charge in [-0.15, -0.1) is 35.3 Å². The van der Waals surface area contributed by atoms with Crippen LogP contribution < -0.4 is 25.3 Å². The molecule has 290 valence electrons. The molecule has 53 heavy (non-hydrogen) atoms. The second kappa shape index (κ2) is 24.0. The van der Waals surface area contributed by atoms with E-state index in [1.807, 2.05) is 70.5 Å². The lowest BCUT2D eigenvalue weighted by atomic mass is 10.2. The predicted octanol–water partition coefficient (Wildman–Crippen LogP) is 5.63. The predicted molar refractivity (Wildman–Crippen MR) is 214 cm³/mol. The van der Waals surface area contributed by atoms with Gasteiger partial charge in [-0.05, 0) is 72.3 Å². The number of hydrogen-bond donors (Lipinski definition) is 2. The SMILES string of the molecule is COc1ccc(SCCN)cc1.COc1ccc(SCCNC(=O)N2CCOCC2)cc1.COc1ccc2c(c1)CN(C(=O)N1CCOCC1)CCS2. The average molecular weight is 788 g/mol. The topological polar surface area (TPSA) is 128 Å². The number of morpholine rings is 2. The van der Waals surface area contributed by atoms with Crippen LogP contribution >= 0.6 is 35.3 Å². The summed E-state index contributed by atoms with van der Waals surface area (Å²) in [5.74, 6) is 5.33. The number of rotatable bonds is 10. The molecule has 0 aromatic heterocycles. The Kier molecular flexibility index (Phi) is 19.2. The fourth-order valence-corrected chi connectivity index (χ4v) is 7.80. The molecule has 0 radical (unpaired) electrons. The number of nitrogens with zero attached hydrogens (tertiary/aromatic N) is 3. The van der Waals surface area contributed by atoms with E-state index in [4.69, 9.17) is 29.4 Å². The normalized spacial score (nSPS) is 15.4. The maximum absolute atomic E-state index is 12.6. The van der Waals surface area contributed by atoms with Crippen molar-refractivity contribution in [3.63, 3.8) is 0 Å². The van der Waals surface area contributed by atoms with Gasteiger partial charge in [0, 0.05) is 84.3 Å². The first-order valence-electron chi connectivity index (χ1n) is 17.7. The highest BCUT2D eigenvalue weighted by molar-refractivity contribution is 7.99. The molecule has 12 nitrogen and oxygen atoms in total. The van der Waals surface area contributed by atoms with Crippen molar-refractivity contribution in [3.8, 4) is 17.2 Å². The molecule has 3 aliphatic heterocycles. The van der Waals surface area contributed by atoms with E-state index in [0.717, 1.165) is 47.6 Å². The molecular weight excluding hydrogens is 735 g/mol. The molecule has 0 unspecified atom stereocenters. The molecule has 0 spiro atoms. The molecule has 3 aromatic carbocycles. The minimum Gasteiger partial charge on any atom is -0.497 e. The highest BCUT2D eigenvalue weighted by atomic mass is 32.2. The first-order chi connectivity index (χ1) is 25.9. The van der Waals surface area contributed by atoms with Crippen molar-refractivity contribution in [3.05, 3.63) is 72.3 Å². The third-order valence-corrected chi connectivity index (χ3v) is 11.4. The number of nitrogens with one attached hydrogen (secondary N) is 1. The van der Waals surface area contributed by atoms with E-state index in [-0.39, 0.29) is 12.1 Å². The maximum atomic E-state index is 12.6. The van der Waals surface area contributed by atoms with Crippen molar-refractivity contribution < 1.29 is 33.3 Å². The molecule has 3 aliphatic rings. The van der Waals surface area contributed by atoms with Gasteiger partial charge in [0.15, 0.2) is 0 Å². The number of ether oxygens (including phenoxy) is 5. The molecule has 0 aliphatic carbocycles. The zero-order chi connectivity index (χ0) is 37.7. The Morgan fingerprint density at radius 3 is 1.79 bits per heavy atom. The van der Waals surface area contributed by atoms with Gasteiger partial charge < -0.3 is 49.4 Å². The lowest BCUT2D eigenvalue weighted by Gasteiger charge is -2.32. The monoisotopic (exact) mass is 787 g/mol. The number of fused-ring (bicyclic) bond motifs is 1. The summed E-state index contributed by atoms with van der Waals surface area (Å²) in [7, 11) is 4.99. The number of carbonyl (C=O) groups excluding carboxylic acids is 2. The Bertz CT molecular complexity index is 1510. The molecule has 3 aromatic rings. The van der Waals surface area contributed by atoms with Crippen LogP contribution in [0.25, 0.3) is 0 Å². The molecule has 3 N–H and O–H groups in total. The van der Waals surface area contributed by atoms with E-state index < -0.39 is 0 Å². The fourth-order valence-electron chi connectivity index (χ4n) is 5.34. The van der Waals surface area contributed by atoms with Gasteiger partial charge in [0.2, 0.25) is 0 Å². The quantitative estimate of drug-likeness (QED) is 0.196. The van der Waals surface area contributed by atoms with Crippen LogP contribution in [0, 0.1) is 0 Å². The summed E-state index contributed by atoms with van der Waals surface area (Å²) < 4.78 is 26.0. The number of urea groups is 2. The second-order valence-corrected chi connectivity index (χ2v) is 15.3. The number of amides is 4. The van der Waals surface area contributed by atoms with Crippen LogP contribution in [0.1, 0.15) is 5.56 Å². The zero-order valence-electron chi connectivity index (χ0n) is 31.0. The Balaban J connectivity index is 0.000000185. The van der Waals surface area contributed by atoms with Crippen LogP contribution in [-0.4, -0.2) is 138 Å². The van der Waals surface area contributed by atoms with E-state index in [9.17, 15) is 9.59 Å². The Hall–Kier alpha value is -3.47. The number of carbonyl (C=O) groups is 2. The van der Waals surface area contributed by atoms with Crippen LogP contribution in [0.15, 0.2) is 81.4 Å². The summed E-state index contributed by atoms with van der Waals surface area (Å²) in [5, 5.41) is 2.93. The Labute approximate surface area is 326 Å². The lowest BCUT2D eigenvalue weighted by molar-refractivity contribution is 0.0432. The van der Waals surface area contributed by atoms with Gasteiger partial charge in [0.1, 0.15) is 17.2 Å². The van der Waals surface area contributed by atoms with E-state index in [2.05, 4.69) is 11.4 Å². The van der Waals surface area contributed by atoms with Gasteiger partial charge in [-0.25, -0.2) is 9.59 Å². The smallest absolute Gasteiger partial charge is 0.320 e. The first-order valence-corrected chi connectivity index (χ1v) is 20.6. The minimum atomic E-state index is 0.00336. The van der Waals surface area contributed by atoms with Crippen LogP contribution in [0.5, 0.6) is 17.2 Å². The van der Waals surface area contributed by atoms with E-state index in [0.29, 0.717) is 65.7 Å². The van der Waals surface area contributed by atoms with Crippen molar-refractivity contribution in [2.45, 2.75) is 21.2 Å². The Morgan fingerprint density at radius 1 is 0.717 bits per heavy atom. The fraction of sp³-hybridized carbons (Fsp3) is 0.474. The van der Waals surface area contributed by atoms with Gasteiger partial charge in [0.25, 0.3) is 0 Å². The standard InChI is InChI=1S/C15H20N2O3S.C14H20N2O3S.C9H13NOS/c1-19-13-2-3-14-12(10-13)11-17(6-9-21-14)15(18)16-4-7-20-8-5-16;1-18-12-2-4-13(5-3-12)20-11-6-15-14(17)16-7-9-19-10-8-16;1-11-8-2-4-9(5-3-8)12-7-6-10/h2-3,10H,4-9,11H2,1H3;2-5H,6-11H2,1H3,(H,15,17);2-5H,6-7,10H2,1H3. The molecule has 3 heterocycles. The van der Waals surface area contributed by atoms with Gasteiger partial charge >= 0.3 is 12.1 Å². The lowest BCUT2D eigenvalue weighted by Crippen LogP contribution is -2.48. The van der Waals surface area contributed by atoms with Crippen molar-refractivity contribution in [2.75, 3.05) is 111 Å². The Morgan fingerprint density at radius 2 is 1.25 bits per heavy atom. The first kappa shape index (κ1) is 42.3.